The largest absolute Gasteiger partial charge is 0.480 e. The molecule has 4 nitrogen and oxygen atoms in total. The van der Waals surface area contributed by atoms with E-state index in [1.54, 1.807) is 13.8 Å². The van der Waals surface area contributed by atoms with Crippen LogP contribution in [0.1, 0.15) is 33.1 Å². The molecule has 0 atom stereocenters. The number of aliphatic carboxylic acids is 1. The van der Waals surface area contributed by atoms with Crippen LogP contribution in [0.25, 0.3) is 0 Å². The van der Waals surface area contributed by atoms with E-state index in [0.29, 0.717) is 13.0 Å². The van der Waals surface area contributed by atoms with E-state index in [1.165, 1.54) is 0 Å². The summed E-state index contributed by atoms with van der Waals surface area (Å²) in [6.07, 6.45) is 2.59. The van der Waals surface area contributed by atoms with Gasteiger partial charge in [-0.15, -0.1) is 0 Å². The maximum Gasteiger partial charge on any atom is 0.323 e. The highest BCUT2D eigenvalue weighted by Crippen LogP contribution is 2.48. The molecule has 14 heavy (non-hydrogen) atoms. The fourth-order valence-electron chi connectivity index (χ4n) is 1.24. The molecule has 1 rings (SSSR count). The highest BCUT2D eigenvalue weighted by atomic mass is 16.4. The molecule has 0 aromatic rings. The molecule has 0 bridgehead atoms. The molecule has 0 spiro atoms. The topological polar surface area (TPSA) is 73.1 Å². The summed E-state index contributed by atoms with van der Waals surface area (Å²) in [6.45, 7) is 3.90. The van der Waals surface area contributed by atoms with Crippen LogP contribution >= 0.6 is 0 Å². The van der Waals surface area contributed by atoms with Gasteiger partial charge in [-0.05, 0) is 32.1 Å². The molecule has 0 radical (unpaired) electrons. The Morgan fingerprint density at radius 3 is 2.57 bits per heavy atom. The van der Waals surface area contributed by atoms with Crippen molar-refractivity contribution in [3.05, 3.63) is 0 Å². The second kappa shape index (κ2) is 3.58. The molecule has 0 aromatic heterocycles. The van der Waals surface area contributed by atoms with Crippen molar-refractivity contribution in [3.8, 4) is 6.07 Å². The smallest absolute Gasteiger partial charge is 0.323 e. The maximum atomic E-state index is 10.8. The highest BCUT2D eigenvalue weighted by Gasteiger charge is 2.43. The van der Waals surface area contributed by atoms with Crippen molar-refractivity contribution in [3.63, 3.8) is 0 Å². The number of nitriles is 1. The summed E-state index contributed by atoms with van der Waals surface area (Å²) in [5, 5.41) is 20.4. The Bertz CT molecular complexity index is 274. The number of hydrogen-bond acceptors (Lipinski definition) is 3. The predicted octanol–water partition coefficient (Wildman–Crippen LogP) is 1.13. The zero-order valence-electron chi connectivity index (χ0n) is 8.63. The Morgan fingerprint density at radius 2 is 2.21 bits per heavy atom. The lowest BCUT2D eigenvalue weighted by Gasteiger charge is -2.24. The molecule has 0 aromatic carbocycles. The van der Waals surface area contributed by atoms with Crippen molar-refractivity contribution < 1.29 is 9.90 Å². The lowest BCUT2D eigenvalue weighted by atomic mass is 10.00. The van der Waals surface area contributed by atoms with Gasteiger partial charge < -0.3 is 10.4 Å². The minimum absolute atomic E-state index is 0.0570. The molecule has 0 aliphatic heterocycles. The average molecular weight is 196 g/mol. The summed E-state index contributed by atoms with van der Waals surface area (Å²) < 4.78 is 0. The van der Waals surface area contributed by atoms with Gasteiger partial charge in [-0.3, -0.25) is 4.79 Å². The Labute approximate surface area is 83.9 Å². The van der Waals surface area contributed by atoms with Crippen LogP contribution in [0.15, 0.2) is 0 Å². The summed E-state index contributed by atoms with van der Waals surface area (Å²) in [7, 11) is 0. The first-order chi connectivity index (χ1) is 6.42. The van der Waals surface area contributed by atoms with Crippen molar-refractivity contribution >= 4 is 5.97 Å². The number of carbonyl (C=O) groups is 1. The Hall–Kier alpha value is -1.08. The van der Waals surface area contributed by atoms with Crippen LogP contribution in [0.3, 0.4) is 0 Å². The number of nitrogens with zero attached hydrogens (tertiary/aromatic N) is 1. The van der Waals surface area contributed by atoms with Gasteiger partial charge in [0.1, 0.15) is 5.54 Å². The number of carboxylic acid groups (broad SMARTS) is 1. The van der Waals surface area contributed by atoms with Crippen LogP contribution in [0.5, 0.6) is 0 Å². The monoisotopic (exact) mass is 196 g/mol. The summed E-state index contributed by atoms with van der Waals surface area (Å²) in [6, 6.07) is 2.15. The van der Waals surface area contributed by atoms with E-state index >= 15 is 0 Å². The lowest BCUT2D eigenvalue weighted by Crippen LogP contribution is -2.48. The van der Waals surface area contributed by atoms with Gasteiger partial charge >= 0.3 is 5.97 Å². The van der Waals surface area contributed by atoms with E-state index in [1.807, 2.05) is 0 Å². The van der Waals surface area contributed by atoms with Crippen LogP contribution in [-0.2, 0) is 4.79 Å². The van der Waals surface area contributed by atoms with Gasteiger partial charge in [0.2, 0.25) is 0 Å². The van der Waals surface area contributed by atoms with Gasteiger partial charge in [0.15, 0.2) is 0 Å². The summed E-state index contributed by atoms with van der Waals surface area (Å²) in [4.78, 5) is 10.8. The molecule has 0 saturated heterocycles. The fraction of sp³-hybridized carbons (Fsp3) is 0.800. The SMILES string of the molecule is CC(C)(NCC1(CC#N)CC1)C(=O)O. The molecular formula is C10H16N2O2. The molecule has 4 heteroatoms. The van der Waals surface area contributed by atoms with Gasteiger partial charge in [0, 0.05) is 13.0 Å². The molecule has 1 saturated carbocycles. The van der Waals surface area contributed by atoms with E-state index in [-0.39, 0.29) is 5.41 Å². The van der Waals surface area contributed by atoms with E-state index < -0.39 is 11.5 Å². The standard InChI is InChI=1S/C10H16N2O2/c1-9(2,8(13)14)12-7-10(3-4-10)5-6-11/h12H,3-5,7H2,1-2H3,(H,13,14). The van der Waals surface area contributed by atoms with E-state index in [2.05, 4.69) is 11.4 Å². The maximum absolute atomic E-state index is 10.8. The second-order valence-corrected chi connectivity index (χ2v) is 4.62. The Morgan fingerprint density at radius 1 is 1.64 bits per heavy atom. The molecule has 1 aliphatic carbocycles. The zero-order chi connectivity index (χ0) is 10.8. The van der Waals surface area contributed by atoms with Crippen LogP contribution in [0.2, 0.25) is 0 Å². The van der Waals surface area contributed by atoms with Gasteiger partial charge in [-0.1, -0.05) is 0 Å². The van der Waals surface area contributed by atoms with Crippen molar-refractivity contribution in [1.29, 1.82) is 5.26 Å². The van der Waals surface area contributed by atoms with Crippen LogP contribution in [0, 0.1) is 16.7 Å². The number of nitrogens with one attached hydrogen (secondary N) is 1. The second-order valence-electron chi connectivity index (χ2n) is 4.62. The van der Waals surface area contributed by atoms with Crippen LogP contribution < -0.4 is 5.32 Å². The lowest BCUT2D eigenvalue weighted by molar-refractivity contribution is -0.143. The van der Waals surface area contributed by atoms with Gasteiger partial charge in [-0.25, -0.2) is 0 Å². The van der Waals surface area contributed by atoms with Gasteiger partial charge in [0.25, 0.3) is 0 Å². The number of hydrogen-bond donors (Lipinski definition) is 2. The molecule has 0 unspecified atom stereocenters. The van der Waals surface area contributed by atoms with Crippen LogP contribution in [-0.4, -0.2) is 23.2 Å². The van der Waals surface area contributed by atoms with E-state index in [9.17, 15) is 4.79 Å². The third-order valence-electron chi connectivity index (χ3n) is 2.85. The highest BCUT2D eigenvalue weighted by molar-refractivity contribution is 5.77. The van der Waals surface area contributed by atoms with E-state index in [4.69, 9.17) is 10.4 Å². The Balaban J connectivity index is 2.41. The number of carboxylic acids is 1. The van der Waals surface area contributed by atoms with Crippen molar-refractivity contribution in [1.82, 2.24) is 5.32 Å². The molecular weight excluding hydrogens is 180 g/mol. The third kappa shape index (κ3) is 2.46. The van der Waals surface area contributed by atoms with Crippen molar-refractivity contribution in [2.24, 2.45) is 5.41 Å². The molecule has 1 aliphatic rings. The molecule has 1 fully saturated rings. The molecule has 2 N–H and O–H groups in total. The van der Waals surface area contributed by atoms with Crippen LogP contribution in [0.4, 0.5) is 0 Å². The first kappa shape index (κ1) is 11.0. The minimum Gasteiger partial charge on any atom is -0.480 e. The fourth-order valence-corrected chi connectivity index (χ4v) is 1.24. The first-order valence-electron chi connectivity index (χ1n) is 4.77. The zero-order valence-corrected chi connectivity index (χ0v) is 8.63. The van der Waals surface area contributed by atoms with Gasteiger partial charge in [-0.2, -0.15) is 5.26 Å². The Kier molecular flexibility index (Phi) is 2.81. The first-order valence-corrected chi connectivity index (χ1v) is 4.77. The van der Waals surface area contributed by atoms with Crippen molar-refractivity contribution in [2.45, 2.75) is 38.6 Å². The van der Waals surface area contributed by atoms with E-state index in [0.717, 1.165) is 12.8 Å². The minimum atomic E-state index is -0.898. The summed E-state index contributed by atoms with van der Waals surface area (Å²) in [5.74, 6) is -0.856. The average Bonchev–Trinajstić information content (AvgIpc) is 2.83. The third-order valence-corrected chi connectivity index (χ3v) is 2.85. The number of rotatable bonds is 5. The summed E-state index contributed by atoms with van der Waals surface area (Å²) in [5.41, 5.74) is -0.841. The molecule has 0 amide bonds. The molecule has 0 heterocycles. The summed E-state index contributed by atoms with van der Waals surface area (Å²) >= 11 is 0. The molecule has 78 valence electrons. The van der Waals surface area contributed by atoms with Crippen molar-refractivity contribution in [2.75, 3.05) is 6.54 Å². The predicted molar refractivity (Wildman–Crippen MR) is 51.6 cm³/mol. The normalized spacial score (nSPS) is 18.6. The quantitative estimate of drug-likeness (QED) is 0.691. The van der Waals surface area contributed by atoms with Gasteiger partial charge in [0.05, 0.1) is 6.07 Å².